The Balaban J connectivity index is 1.10. The minimum atomic E-state index is 0.630. The predicted octanol–water partition coefficient (Wildman–Crippen LogP) is 13.4. The van der Waals surface area contributed by atoms with Gasteiger partial charge in [0.05, 0.1) is 15.9 Å². The monoisotopic (exact) mass is 751 g/mol. The average molecular weight is 752 g/mol. The lowest BCUT2D eigenvalue weighted by molar-refractivity contribution is 1.08. The fourth-order valence-corrected chi connectivity index (χ4v) is 9.89. The standard InChI is InChI=1S/C49H29N5S2/c1-4-14-30(15-5-1)31-26-28-34(29-27-31)47-52-46(33-18-8-3-9-19-33)53-49(54-47)38-23-12-21-36-41-37(22-13-25-40(41)56-44(36)38)48-50-42(32-16-6-2-7-17-32)45-43(51-48)35-20-10-11-24-39(35)55-45/h1-29H. The van der Waals surface area contributed by atoms with Gasteiger partial charge in [-0.2, -0.15) is 0 Å². The molecule has 56 heavy (non-hydrogen) atoms. The molecule has 262 valence electrons. The Hall–Kier alpha value is -6.93. The van der Waals surface area contributed by atoms with Crippen LogP contribution in [0.4, 0.5) is 0 Å². The van der Waals surface area contributed by atoms with E-state index in [0.29, 0.717) is 23.3 Å². The van der Waals surface area contributed by atoms with Gasteiger partial charge in [-0.05, 0) is 29.3 Å². The van der Waals surface area contributed by atoms with Crippen LogP contribution in [0.25, 0.3) is 108 Å². The van der Waals surface area contributed by atoms with Crippen LogP contribution in [0.15, 0.2) is 176 Å². The number of hydrogen-bond donors (Lipinski definition) is 0. The summed E-state index contributed by atoms with van der Waals surface area (Å²) < 4.78 is 4.56. The van der Waals surface area contributed by atoms with E-state index in [4.69, 9.17) is 24.9 Å². The van der Waals surface area contributed by atoms with E-state index >= 15 is 0 Å². The van der Waals surface area contributed by atoms with Gasteiger partial charge < -0.3 is 0 Å². The lowest BCUT2D eigenvalue weighted by Gasteiger charge is -2.10. The minimum absolute atomic E-state index is 0.630. The van der Waals surface area contributed by atoms with Crippen molar-refractivity contribution in [2.24, 2.45) is 0 Å². The van der Waals surface area contributed by atoms with Crippen molar-refractivity contribution in [3.8, 4) is 67.9 Å². The maximum absolute atomic E-state index is 5.34. The summed E-state index contributed by atoms with van der Waals surface area (Å²) in [6.07, 6.45) is 0. The van der Waals surface area contributed by atoms with Crippen LogP contribution < -0.4 is 0 Å². The molecule has 4 aromatic heterocycles. The van der Waals surface area contributed by atoms with Crippen LogP contribution in [0.5, 0.6) is 0 Å². The first-order valence-electron chi connectivity index (χ1n) is 18.4. The van der Waals surface area contributed by atoms with Gasteiger partial charge >= 0.3 is 0 Å². The lowest BCUT2D eigenvalue weighted by atomic mass is 10.0. The van der Waals surface area contributed by atoms with Crippen LogP contribution in [-0.2, 0) is 0 Å². The van der Waals surface area contributed by atoms with Crippen LogP contribution >= 0.6 is 22.7 Å². The summed E-state index contributed by atoms with van der Waals surface area (Å²) in [6, 6.07) is 60.8. The molecule has 0 amide bonds. The van der Waals surface area contributed by atoms with E-state index in [1.165, 1.54) is 10.3 Å². The second kappa shape index (κ2) is 13.4. The Labute approximate surface area is 330 Å². The molecule has 0 aliphatic carbocycles. The van der Waals surface area contributed by atoms with Crippen LogP contribution in [-0.4, -0.2) is 24.9 Å². The van der Waals surface area contributed by atoms with E-state index in [-0.39, 0.29) is 0 Å². The Morgan fingerprint density at radius 3 is 1.55 bits per heavy atom. The second-order valence-electron chi connectivity index (χ2n) is 13.6. The first kappa shape index (κ1) is 32.5. The van der Waals surface area contributed by atoms with Crippen molar-refractivity contribution in [3.05, 3.63) is 176 Å². The van der Waals surface area contributed by atoms with Crippen molar-refractivity contribution >= 4 is 63.1 Å². The molecule has 0 spiro atoms. The highest BCUT2D eigenvalue weighted by molar-refractivity contribution is 7.26. The highest BCUT2D eigenvalue weighted by Gasteiger charge is 2.21. The van der Waals surface area contributed by atoms with Crippen molar-refractivity contribution in [2.45, 2.75) is 0 Å². The normalized spacial score (nSPS) is 11.6. The number of aromatic nitrogens is 5. The zero-order valence-electron chi connectivity index (χ0n) is 29.8. The van der Waals surface area contributed by atoms with Crippen molar-refractivity contribution in [1.29, 1.82) is 0 Å². The van der Waals surface area contributed by atoms with E-state index < -0.39 is 0 Å². The minimum Gasteiger partial charge on any atom is -0.226 e. The maximum Gasteiger partial charge on any atom is 0.165 e. The molecule has 0 bridgehead atoms. The van der Waals surface area contributed by atoms with E-state index in [1.807, 2.05) is 42.5 Å². The Kier molecular flexibility index (Phi) is 7.79. The quantitative estimate of drug-likeness (QED) is 0.169. The molecule has 7 aromatic carbocycles. The van der Waals surface area contributed by atoms with Gasteiger partial charge in [0, 0.05) is 58.1 Å². The summed E-state index contributed by atoms with van der Waals surface area (Å²) in [6.45, 7) is 0. The Bertz CT molecular complexity index is 3230. The fraction of sp³-hybridized carbons (Fsp3) is 0. The van der Waals surface area contributed by atoms with Gasteiger partial charge in [-0.15, -0.1) is 22.7 Å². The average Bonchev–Trinajstić information content (AvgIpc) is 3.86. The molecule has 4 heterocycles. The molecule has 7 heteroatoms. The number of benzene rings is 7. The molecule has 0 unspecified atom stereocenters. The van der Waals surface area contributed by atoms with Crippen LogP contribution in [0, 0.1) is 0 Å². The third-order valence-corrected chi connectivity index (χ3v) is 12.6. The third-order valence-electron chi connectivity index (χ3n) is 10.2. The van der Waals surface area contributed by atoms with E-state index in [1.54, 1.807) is 22.7 Å². The smallest absolute Gasteiger partial charge is 0.165 e. The molecule has 0 saturated carbocycles. The molecule has 0 N–H and O–H groups in total. The summed E-state index contributed by atoms with van der Waals surface area (Å²) in [4.78, 5) is 26.0. The number of nitrogens with zero attached hydrogens (tertiary/aromatic N) is 5. The SMILES string of the molecule is c1ccc(-c2ccc(-c3nc(-c4ccccc4)nc(-c4cccc5c4sc4cccc(-c6nc(-c7ccccc7)c7sc8ccccc8c7n6)c45)n3)cc2)cc1. The van der Waals surface area contributed by atoms with Crippen molar-refractivity contribution in [1.82, 2.24) is 24.9 Å². The third kappa shape index (κ3) is 5.56. The van der Waals surface area contributed by atoms with Gasteiger partial charge in [0.2, 0.25) is 0 Å². The zero-order valence-corrected chi connectivity index (χ0v) is 31.4. The van der Waals surface area contributed by atoms with Gasteiger partial charge in [0.1, 0.15) is 0 Å². The summed E-state index contributed by atoms with van der Waals surface area (Å²) in [7, 11) is 0. The van der Waals surface area contributed by atoms with Gasteiger partial charge in [-0.3, -0.25) is 0 Å². The molecule has 0 atom stereocenters. The van der Waals surface area contributed by atoms with Crippen molar-refractivity contribution < 1.29 is 0 Å². The van der Waals surface area contributed by atoms with Crippen molar-refractivity contribution in [3.63, 3.8) is 0 Å². The highest BCUT2D eigenvalue weighted by Crippen LogP contribution is 2.45. The molecule has 0 radical (unpaired) electrons. The fourth-order valence-electron chi connectivity index (χ4n) is 7.50. The topological polar surface area (TPSA) is 64.5 Å². The molecular formula is C49H29N5S2. The summed E-state index contributed by atoms with van der Waals surface area (Å²) >= 11 is 3.50. The number of thiophene rings is 2. The van der Waals surface area contributed by atoms with Gasteiger partial charge in [-0.25, -0.2) is 24.9 Å². The highest BCUT2D eigenvalue weighted by atomic mass is 32.1. The Morgan fingerprint density at radius 1 is 0.304 bits per heavy atom. The van der Waals surface area contributed by atoms with E-state index in [2.05, 4.69) is 133 Å². The summed E-state index contributed by atoms with van der Waals surface area (Å²) in [5.41, 5.74) is 9.14. The Morgan fingerprint density at radius 2 is 0.804 bits per heavy atom. The summed E-state index contributed by atoms with van der Waals surface area (Å²) in [5, 5.41) is 3.39. The molecule has 0 fully saturated rings. The van der Waals surface area contributed by atoms with Crippen LogP contribution in [0.2, 0.25) is 0 Å². The van der Waals surface area contributed by atoms with Gasteiger partial charge in [0.25, 0.3) is 0 Å². The molecule has 11 rings (SSSR count). The molecule has 0 aliphatic heterocycles. The molecule has 0 saturated heterocycles. The number of rotatable bonds is 6. The molecular weight excluding hydrogens is 723 g/mol. The molecule has 5 nitrogen and oxygen atoms in total. The van der Waals surface area contributed by atoms with E-state index in [9.17, 15) is 0 Å². The van der Waals surface area contributed by atoms with Crippen molar-refractivity contribution in [2.75, 3.05) is 0 Å². The maximum atomic E-state index is 5.34. The second-order valence-corrected chi connectivity index (χ2v) is 15.7. The van der Waals surface area contributed by atoms with Gasteiger partial charge in [0.15, 0.2) is 23.3 Å². The van der Waals surface area contributed by atoms with Crippen LogP contribution in [0.3, 0.4) is 0 Å². The van der Waals surface area contributed by atoms with Crippen LogP contribution in [0.1, 0.15) is 0 Å². The summed E-state index contributed by atoms with van der Waals surface area (Å²) in [5.74, 6) is 2.61. The number of hydrogen-bond acceptors (Lipinski definition) is 7. The number of fused-ring (bicyclic) bond motifs is 6. The first-order chi connectivity index (χ1) is 27.7. The molecule has 11 aromatic rings. The van der Waals surface area contributed by atoms with E-state index in [0.717, 1.165) is 74.8 Å². The van der Waals surface area contributed by atoms with Gasteiger partial charge in [-0.1, -0.05) is 158 Å². The predicted molar refractivity (Wildman–Crippen MR) is 234 cm³/mol. The first-order valence-corrected chi connectivity index (χ1v) is 20.1. The largest absolute Gasteiger partial charge is 0.226 e. The zero-order chi connectivity index (χ0) is 37.0. The molecule has 0 aliphatic rings. The lowest BCUT2D eigenvalue weighted by Crippen LogP contribution is -2.00.